The highest BCUT2D eigenvalue weighted by Crippen LogP contribution is 2.40. The van der Waals surface area contributed by atoms with Crippen LogP contribution in [-0.2, 0) is 42.0 Å². The molecule has 4 aromatic rings. The minimum atomic E-state index is -4.04. The van der Waals surface area contributed by atoms with Crippen molar-refractivity contribution in [1.82, 2.24) is 24.5 Å². The van der Waals surface area contributed by atoms with Crippen LogP contribution in [0.15, 0.2) is 56.4 Å². The van der Waals surface area contributed by atoms with E-state index in [0.29, 0.717) is 59.0 Å². The molecule has 4 aliphatic rings. The molecule has 4 aliphatic heterocycles. The number of carbonyl (C=O) groups excluding carboxylic acids is 1. The number of carbonyl (C=O) groups is 1. The minimum absolute atomic E-state index is 0.0193. The third kappa shape index (κ3) is 7.92. The van der Waals surface area contributed by atoms with E-state index in [1.54, 1.807) is 38.7 Å². The lowest BCUT2D eigenvalue weighted by atomic mass is 9.99. The number of aryl methyl sites for hydroxylation is 2. The van der Waals surface area contributed by atoms with Gasteiger partial charge in [0.25, 0.3) is 5.89 Å². The van der Waals surface area contributed by atoms with Crippen LogP contribution in [0.1, 0.15) is 57.0 Å². The first kappa shape index (κ1) is 39.1. The Hall–Kier alpha value is -4.75. The lowest BCUT2D eigenvalue weighted by Crippen LogP contribution is -2.51. The molecule has 6 heterocycles. The quantitative estimate of drug-likeness (QED) is 0.170. The number of ether oxygens (including phenoxy) is 7. The van der Waals surface area contributed by atoms with Gasteiger partial charge < -0.3 is 42.2 Å². The fourth-order valence-corrected chi connectivity index (χ4v) is 9.55. The number of hydrogen-bond donors (Lipinski definition) is 0. The molecule has 5 atom stereocenters. The van der Waals surface area contributed by atoms with Crippen LogP contribution in [0.25, 0.3) is 11.5 Å². The van der Waals surface area contributed by atoms with E-state index < -0.39 is 46.4 Å². The number of benzene rings is 2. The maximum atomic E-state index is 14.3. The Bertz CT molecular complexity index is 2170. The molecule has 0 aliphatic carbocycles. The standard InChI is InChI=1S/C39H47N5O12S/c1-22(2)17-43(57(46,47)27-11-12-30-31(16-27)52-21-51-30)18-32-29(44(39(5,6)54-32)38(45)53-33-19-50-37-28(33)13-14-48-37)15-25-7-9-26(10-8-25)49-20-34-40-36(56-42-34)35-23(3)41-55-24(35)4/h7-12,16,22,28-29,32-33,37H,13-15,17-21H2,1-6H3/t28-,29-,32+,33-,37+/m0/s1. The highest BCUT2D eigenvalue weighted by molar-refractivity contribution is 7.89. The molecule has 0 saturated carbocycles. The highest BCUT2D eigenvalue weighted by atomic mass is 32.2. The monoisotopic (exact) mass is 809 g/mol. The van der Waals surface area contributed by atoms with Crippen LogP contribution in [-0.4, -0.2) is 102 Å². The van der Waals surface area contributed by atoms with Crippen molar-refractivity contribution in [3.63, 3.8) is 0 Å². The zero-order valence-electron chi connectivity index (χ0n) is 32.7. The minimum Gasteiger partial charge on any atom is -0.485 e. The average Bonchev–Trinajstić information content (AvgIpc) is 4.02. The first-order valence-corrected chi connectivity index (χ1v) is 20.5. The number of fused-ring (bicyclic) bond motifs is 2. The van der Waals surface area contributed by atoms with Crippen molar-refractivity contribution in [2.75, 3.05) is 33.1 Å². The first-order valence-electron chi connectivity index (χ1n) is 19.0. The molecular formula is C39H47N5O12S. The van der Waals surface area contributed by atoms with Crippen LogP contribution in [0, 0.1) is 25.7 Å². The van der Waals surface area contributed by atoms with Gasteiger partial charge in [-0.3, -0.25) is 4.90 Å². The predicted octanol–water partition coefficient (Wildman–Crippen LogP) is 5.24. The Labute approximate surface area is 330 Å². The molecule has 3 fully saturated rings. The second-order valence-corrected chi connectivity index (χ2v) is 17.5. The lowest BCUT2D eigenvalue weighted by molar-refractivity contribution is -0.0911. The normalized spacial score (nSPS) is 23.8. The Morgan fingerprint density at radius 2 is 1.82 bits per heavy atom. The summed E-state index contributed by atoms with van der Waals surface area (Å²) in [6.07, 6.45) is -1.15. The summed E-state index contributed by atoms with van der Waals surface area (Å²) in [6, 6.07) is 11.4. The van der Waals surface area contributed by atoms with Gasteiger partial charge in [0.05, 0.1) is 41.9 Å². The van der Waals surface area contributed by atoms with Crippen molar-refractivity contribution in [3.05, 3.63) is 65.3 Å². The van der Waals surface area contributed by atoms with Gasteiger partial charge in [0.1, 0.15) is 28.9 Å². The molecule has 2 aromatic heterocycles. The smallest absolute Gasteiger partial charge is 0.412 e. The molecule has 17 nitrogen and oxygen atoms in total. The summed E-state index contributed by atoms with van der Waals surface area (Å²) >= 11 is 0. The van der Waals surface area contributed by atoms with Gasteiger partial charge in [-0.2, -0.15) is 9.29 Å². The van der Waals surface area contributed by atoms with Crippen LogP contribution in [0.5, 0.6) is 17.2 Å². The zero-order chi connectivity index (χ0) is 40.1. The van der Waals surface area contributed by atoms with Gasteiger partial charge in [0, 0.05) is 19.2 Å². The van der Waals surface area contributed by atoms with Gasteiger partial charge in [-0.25, -0.2) is 13.2 Å². The lowest BCUT2D eigenvalue weighted by Gasteiger charge is -2.34. The topological polar surface area (TPSA) is 187 Å². The van der Waals surface area contributed by atoms with E-state index in [1.807, 2.05) is 38.1 Å². The van der Waals surface area contributed by atoms with E-state index >= 15 is 0 Å². The molecule has 306 valence electrons. The van der Waals surface area contributed by atoms with Crippen molar-refractivity contribution < 1.29 is 55.4 Å². The average molecular weight is 810 g/mol. The summed E-state index contributed by atoms with van der Waals surface area (Å²) in [7, 11) is -4.04. The molecule has 0 spiro atoms. The summed E-state index contributed by atoms with van der Waals surface area (Å²) in [5.41, 5.74) is 1.01. The summed E-state index contributed by atoms with van der Waals surface area (Å²) in [6.45, 7) is 12.1. The summed E-state index contributed by atoms with van der Waals surface area (Å²) in [5, 5.41) is 7.97. The van der Waals surface area contributed by atoms with Crippen LogP contribution in [0.3, 0.4) is 0 Å². The van der Waals surface area contributed by atoms with Gasteiger partial charge >= 0.3 is 6.09 Å². The number of nitrogens with zero attached hydrogens (tertiary/aromatic N) is 5. The Balaban J connectivity index is 1.03. The van der Waals surface area contributed by atoms with Gasteiger partial charge in [-0.05, 0) is 76.3 Å². The predicted molar refractivity (Wildman–Crippen MR) is 199 cm³/mol. The summed E-state index contributed by atoms with van der Waals surface area (Å²) < 4.78 is 81.8. The van der Waals surface area contributed by atoms with E-state index in [1.165, 1.54) is 16.4 Å². The molecule has 0 radical (unpaired) electrons. The van der Waals surface area contributed by atoms with Crippen LogP contribution >= 0.6 is 0 Å². The fourth-order valence-electron chi connectivity index (χ4n) is 7.92. The molecule has 0 bridgehead atoms. The highest BCUT2D eigenvalue weighted by Gasteiger charge is 2.53. The van der Waals surface area contributed by atoms with Gasteiger partial charge in [-0.15, -0.1) is 0 Å². The second kappa shape index (κ2) is 15.5. The molecule has 18 heteroatoms. The Morgan fingerprint density at radius 1 is 1.04 bits per heavy atom. The molecule has 0 unspecified atom stereocenters. The van der Waals surface area contributed by atoms with Crippen LogP contribution in [0.4, 0.5) is 4.79 Å². The van der Waals surface area contributed by atoms with Gasteiger partial charge in [0.2, 0.25) is 22.6 Å². The molecule has 2 aromatic carbocycles. The van der Waals surface area contributed by atoms with E-state index in [9.17, 15) is 13.2 Å². The summed E-state index contributed by atoms with van der Waals surface area (Å²) in [4.78, 5) is 20.4. The molecule has 8 rings (SSSR count). The van der Waals surface area contributed by atoms with E-state index in [-0.39, 0.29) is 49.8 Å². The number of hydrogen-bond acceptors (Lipinski definition) is 15. The number of sulfonamides is 1. The Kier molecular flexibility index (Phi) is 10.7. The van der Waals surface area contributed by atoms with E-state index in [4.69, 9.17) is 42.2 Å². The van der Waals surface area contributed by atoms with E-state index in [2.05, 4.69) is 15.3 Å². The van der Waals surface area contributed by atoms with Crippen molar-refractivity contribution in [2.24, 2.45) is 11.8 Å². The van der Waals surface area contributed by atoms with Crippen LogP contribution in [0.2, 0.25) is 0 Å². The third-order valence-corrected chi connectivity index (χ3v) is 12.4. The molecule has 1 amide bonds. The van der Waals surface area contributed by atoms with Crippen molar-refractivity contribution in [3.8, 4) is 28.7 Å². The first-order chi connectivity index (χ1) is 27.3. The van der Waals surface area contributed by atoms with Gasteiger partial charge in [0.15, 0.2) is 24.4 Å². The van der Waals surface area contributed by atoms with Crippen molar-refractivity contribution in [2.45, 2.75) is 96.2 Å². The van der Waals surface area contributed by atoms with E-state index in [0.717, 1.165) is 12.0 Å². The van der Waals surface area contributed by atoms with Gasteiger partial charge in [-0.1, -0.05) is 36.3 Å². The third-order valence-electron chi connectivity index (χ3n) is 10.6. The van der Waals surface area contributed by atoms with Crippen LogP contribution < -0.4 is 14.2 Å². The Morgan fingerprint density at radius 3 is 2.58 bits per heavy atom. The molecular weight excluding hydrogens is 763 g/mol. The molecule has 3 saturated heterocycles. The zero-order valence-corrected chi connectivity index (χ0v) is 33.5. The SMILES string of the molecule is Cc1noc(C)c1-c1nc(COc2ccc(C[C@H]3[C@@H](CN(CC(C)C)S(=O)(=O)c4ccc5c(c4)OCO5)OC(C)(C)N3C(=O)O[C@H]3CO[C@H]4OCC[C@H]43)cc2)no1. The number of amides is 1. The largest absolute Gasteiger partial charge is 0.485 e. The molecule has 57 heavy (non-hydrogen) atoms. The summed E-state index contributed by atoms with van der Waals surface area (Å²) in [5.74, 6) is 2.55. The second-order valence-electron chi connectivity index (χ2n) is 15.6. The molecule has 0 N–H and O–H groups in total. The fraction of sp³-hybridized carbons (Fsp3) is 0.538. The van der Waals surface area contributed by atoms with Crippen molar-refractivity contribution >= 4 is 16.1 Å². The number of rotatable bonds is 13. The van der Waals surface area contributed by atoms with Crippen molar-refractivity contribution in [1.29, 1.82) is 0 Å². The number of aromatic nitrogens is 3. The maximum Gasteiger partial charge on any atom is 0.412 e. The maximum absolute atomic E-state index is 14.3.